The quantitative estimate of drug-likeness (QED) is 0.0231. The van der Waals surface area contributed by atoms with E-state index in [2.05, 4.69) is 41.1 Å². The average Bonchev–Trinajstić information content (AvgIpc) is 4.29. The molecular weight excluding hydrogens is 1140 g/mol. The highest BCUT2D eigenvalue weighted by Gasteiger charge is 2.44. The van der Waals surface area contributed by atoms with Crippen molar-refractivity contribution in [3.8, 4) is 16.2 Å². The van der Waals surface area contributed by atoms with Crippen LogP contribution in [0.1, 0.15) is 51.3 Å². The second kappa shape index (κ2) is 31.7. The highest BCUT2D eigenvalue weighted by molar-refractivity contribution is 7.70. The van der Waals surface area contributed by atoms with Crippen molar-refractivity contribution in [1.29, 1.82) is 0 Å². The van der Waals surface area contributed by atoms with Gasteiger partial charge in [0.25, 0.3) is 0 Å². The van der Waals surface area contributed by atoms with Gasteiger partial charge in [0.05, 0.1) is 119 Å². The molecule has 0 radical (unpaired) electrons. The summed E-state index contributed by atoms with van der Waals surface area (Å²) in [6, 6.07) is 19.2. The normalized spacial score (nSPS) is 15.9. The molecule has 5 N–H and O–H groups in total. The molecule has 0 aliphatic carbocycles. The van der Waals surface area contributed by atoms with Gasteiger partial charge < -0.3 is 74.1 Å². The number of carbonyl (C=O) groups is 4. The van der Waals surface area contributed by atoms with Crippen LogP contribution in [0.4, 0.5) is 28.8 Å². The molecule has 2 aliphatic rings. The summed E-state index contributed by atoms with van der Waals surface area (Å²) in [5.41, 5.74) is 6.28. The lowest BCUT2D eigenvalue weighted by atomic mass is 9.85. The van der Waals surface area contributed by atoms with E-state index in [0.717, 1.165) is 27.4 Å². The molecule has 84 heavy (non-hydrogen) atoms. The molecule has 3 atom stereocenters. The summed E-state index contributed by atoms with van der Waals surface area (Å²) in [4.78, 5) is 73.3. The van der Waals surface area contributed by atoms with Gasteiger partial charge in [-0.1, -0.05) is 68.8 Å². The third kappa shape index (κ3) is 19.4. The molecule has 2 fully saturated rings. The Kier molecular flexibility index (Phi) is 24.7. The van der Waals surface area contributed by atoms with Gasteiger partial charge in [0.15, 0.2) is 5.82 Å². The standard InChI is InChI=1S/C59H80ClN10O12PS/c1-40-53(84-39-63-40)42-14-12-41(13-15-42)36-61-56(74)48-35-44(71)38-70(48)57(75)54(59(2,3)4)66-51(72)18-24-78-26-28-80-30-32-82-33-31-81-29-27-79-25-19-52(73)69-22-20-68(21-23-69)43-16-17-46(49(34-43)77-5)65-58-62-37-45(60)55(67-58)64-47-10-8-9-11-50(47)83(6,7)76/h8-17,34,37,39,44,48,54,71H,18-33,35-36,38H2,1-7H3,(H,61,74)(H,66,72)(H2,62,64,65,67). The van der Waals surface area contributed by atoms with E-state index in [1.54, 1.807) is 31.8 Å². The van der Waals surface area contributed by atoms with Gasteiger partial charge in [0.1, 0.15) is 30.0 Å². The van der Waals surface area contributed by atoms with E-state index in [-0.39, 0.29) is 63.3 Å². The highest BCUT2D eigenvalue weighted by atomic mass is 35.5. The molecule has 2 aliphatic heterocycles. The minimum absolute atomic E-state index is 0.0132. The van der Waals surface area contributed by atoms with E-state index in [9.17, 15) is 28.8 Å². The molecule has 4 heterocycles. The van der Waals surface area contributed by atoms with Crippen LogP contribution in [0.3, 0.4) is 0 Å². The summed E-state index contributed by atoms with van der Waals surface area (Å²) in [5.74, 6) is 0.103. The van der Waals surface area contributed by atoms with Gasteiger partial charge in [0, 0.05) is 69.2 Å². The predicted molar refractivity (Wildman–Crippen MR) is 326 cm³/mol. The number of halogens is 1. The zero-order chi connectivity index (χ0) is 60.2. The number of piperazine rings is 1. The zero-order valence-electron chi connectivity index (χ0n) is 49.0. The van der Waals surface area contributed by atoms with Gasteiger partial charge >= 0.3 is 0 Å². The topological polar surface area (TPSA) is 257 Å². The number of thiazole rings is 1. The largest absolute Gasteiger partial charge is 0.494 e. The molecule has 4 amide bonds. The SMILES string of the molecule is COc1cc(N2CCN(C(=O)CCOCCOCCOCCOCCOCCC(=O)NC(C(=O)N3CC(O)CC3C(=O)NCc3ccc(-c4scnc4C)cc3)C(C)(C)C)CC2)ccc1Nc1ncc(Cl)c(Nc2ccccc2P(C)(C)=O)n1. The molecule has 2 saturated heterocycles. The van der Waals surface area contributed by atoms with E-state index in [0.29, 0.717) is 118 Å². The molecule has 7 rings (SSSR count). The molecule has 5 aromatic rings. The lowest BCUT2D eigenvalue weighted by molar-refractivity contribution is -0.144. The number of para-hydroxylation sites is 1. The maximum atomic E-state index is 14.0. The first-order valence-corrected chi connectivity index (χ1v) is 32.0. The molecule has 0 saturated carbocycles. The van der Waals surface area contributed by atoms with Crippen molar-refractivity contribution < 1.29 is 57.3 Å². The molecule has 25 heteroatoms. The summed E-state index contributed by atoms with van der Waals surface area (Å²) >= 11 is 8.03. The zero-order valence-corrected chi connectivity index (χ0v) is 51.5. The van der Waals surface area contributed by atoms with Gasteiger partial charge in [-0.15, -0.1) is 11.3 Å². The number of aryl methyl sites for hydroxylation is 1. The van der Waals surface area contributed by atoms with Crippen LogP contribution in [0.15, 0.2) is 78.4 Å². The lowest BCUT2D eigenvalue weighted by Gasteiger charge is -2.36. The number of likely N-dealkylation sites (tertiary alicyclic amines) is 1. The van der Waals surface area contributed by atoms with Gasteiger partial charge in [-0.2, -0.15) is 4.98 Å². The lowest BCUT2D eigenvalue weighted by Crippen LogP contribution is -2.57. The van der Waals surface area contributed by atoms with Crippen molar-refractivity contribution in [2.24, 2.45) is 5.41 Å². The number of aliphatic hydroxyl groups excluding tert-OH is 1. The van der Waals surface area contributed by atoms with Gasteiger partial charge in [-0.25, -0.2) is 9.97 Å². The van der Waals surface area contributed by atoms with Gasteiger partial charge in [0.2, 0.25) is 29.6 Å². The predicted octanol–water partition coefficient (Wildman–Crippen LogP) is 6.63. The number of anilines is 5. The van der Waals surface area contributed by atoms with Gasteiger partial charge in [-0.05, 0) is 61.1 Å². The number of aliphatic hydroxyl groups is 1. The molecule has 456 valence electrons. The number of nitrogens with one attached hydrogen (secondary N) is 4. The number of hydrogen-bond donors (Lipinski definition) is 5. The summed E-state index contributed by atoms with van der Waals surface area (Å²) in [7, 11) is -0.985. The maximum absolute atomic E-state index is 14.0. The summed E-state index contributed by atoms with van der Waals surface area (Å²) in [5, 5.41) is 23.8. The van der Waals surface area contributed by atoms with Crippen molar-refractivity contribution in [2.75, 3.05) is 135 Å². The van der Waals surface area contributed by atoms with Crippen molar-refractivity contribution >= 4 is 87.8 Å². The van der Waals surface area contributed by atoms with Crippen molar-refractivity contribution in [3.05, 3.63) is 94.7 Å². The minimum Gasteiger partial charge on any atom is -0.494 e. The Bertz CT molecular complexity index is 3010. The number of benzene rings is 3. The fourth-order valence-corrected chi connectivity index (χ4v) is 11.6. The Labute approximate surface area is 501 Å². The Morgan fingerprint density at radius 2 is 1.44 bits per heavy atom. The number of rotatable bonds is 31. The van der Waals surface area contributed by atoms with Crippen LogP contribution in [0, 0.1) is 12.3 Å². The second-order valence-electron chi connectivity index (χ2n) is 21.8. The first-order chi connectivity index (χ1) is 40.3. The minimum atomic E-state index is -2.58. The van der Waals surface area contributed by atoms with Crippen LogP contribution in [0.25, 0.3) is 10.4 Å². The molecule has 3 aromatic carbocycles. The molecular formula is C59H80ClN10O12PS. The van der Waals surface area contributed by atoms with Crippen molar-refractivity contribution in [3.63, 3.8) is 0 Å². The first kappa shape index (κ1) is 65.3. The smallest absolute Gasteiger partial charge is 0.246 e. The molecule has 0 spiro atoms. The second-order valence-corrected chi connectivity index (χ2v) is 26.2. The van der Waals surface area contributed by atoms with Crippen LogP contribution in [0.2, 0.25) is 5.02 Å². The fraction of sp³-hybridized carbons (Fsp3) is 0.508. The number of carbonyl (C=O) groups excluding carboxylic acids is 4. The number of hydrogen-bond acceptors (Lipinski definition) is 19. The van der Waals surface area contributed by atoms with Crippen LogP contribution in [-0.2, 0) is 54.0 Å². The third-order valence-corrected chi connectivity index (χ3v) is 16.8. The first-order valence-electron chi connectivity index (χ1n) is 28.1. The van der Waals surface area contributed by atoms with Crippen LogP contribution < -0.4 is 36.2 Å². The number of β-amino-alcohol motifs (C(OH)–C–C–N with tert-alkyl or cyclic N) is 1. The number of nitrogens with zero attached hydrogens (tertiary/aromatic N) is 6. The highest BCUT2D eigenvalue weighted by Crippen LogP contribution is 2.39. The van der Waals surface area contributed by atoms with Crippen LogP contribution in [-0.4, -0.2) is 191 Å². The molecule has 0 bridgehead atoms. The fourth-order valence-electron chi connectivity index (χ4n) is 9.48. The Morgan fingerprint density at radius 1 is 0.810 bits per heavy atom. The summed E-state index contributed by atoms with van der Waals surface area (Å²) in [6.07, 6.45) is 1.01. The Morgan fingerprint density at radius 3 is 2.05 bits per heavy atom. The van der Waals surface area contributed by atoms with Gasteiger partial charge in [-0.3, -0.25) is 19.2 Å². The Balaban J connectivity index is 0.685. The van der Waals surface area contributed by atoms with E-state index in [1.807, 2.05) is 105 Å². The van der Waals surface area contributed by atoms with Crippen molar-refractivity contribution in [2.45, 2.75) is 71.7 Å². The van der Waals surface area contributed by atoms with E-state index < -0.39 is 36.7 Å². The average molecular weight is 1220 g/mol. The number of ether oxygens (including phenoxy) is 6. The summed E-state index contributed by atoms with van der Waals surface area (Å²) < 4.78 is 46.7. The van der Waals surface area contributed by atoms with E-state index in [1.165, 1.54) is 11.1 Å². The van der Waals surface area contributed by atoms with E-state index in [4.69, 9.17) is 40.0 Å². The maximum Gasteiger partial charge on any atom is 0.246 e. The van der Waals surface area contributed by atoms with Crippen LogP contribution in [0.5, 0.6) is 5.75 Å². The number of methoxy groups -OCH3 is 1. The molecule has 2 aromatic heterocycles. The van der Waals surface area contributed by atoms with Crippen LogP contribution >= 0.6 is 30.1 Å². The molecule has 22 nitrogen and oxygen atoms in total. The Hall–Kier alpha value is -6.27. The number of aromatic nitrogens is 3. The number of amides is 4. The third-order valence-electron chi connectivity index (χ3n) is 14.0. The molecule has 3 unspecified atom stereocenters. The monoisotopic (exact) mass is 1220 g/mol. The van der Waals surface area contributed by atoms with Crippen molar-refractivity contribution in [1.82, 2.24) is 35.4 Å². The van der Waals surface area contributed by atoms with E-state index >= 15 is 0 Å². The summed E-state index contributed by atoms with van der Waals surface area (Å²) in [6.45, 7) is 16.8.